The molecule has 0 aliphatic rings. The number of hydrogen-bond donors (Lipinski definition) is 0. The van der Waals surface area contributed by atoms with Crippen molar-refractivity contribution in [2.75, 3.05) is 0 Å². The smallest absolute Gasteiger partial charge is 0.355 e. The Balaban J connectivity index is 2.10. The molecule has 0 amide bonds. The summed E-state index contributed by atoms with van der Waals surface area (Å²) >= 11 is 0. The van der Waals surface area contributed by atoms with Gasteiger partial charge in [0.1, 0.15) is 11.0 Å². The van der Waals surface area contributed by atoms with Crippen molar-refractivity contribution in [2.24, 2.45) is 0 Å². The van der Waals surface area contributed by atoms with Crippen LogP contribution < -0.4 is 11.3 Å². The summed E-state index contributed by atoms with van der Waals surface area (Å²) in [6.45, 7) is 0. The highest BCUT2D eigenvalue weighted by molar-refractivity contribution is 7.91. The number of sulfone groups is 1. The fourth-order valence-electron chi connectivity index (χ4n) is 2.62. The maximum absolute atomic E-state index is 12.7. The minimum atomic E-state index is -4.12. The van der Waals surface area contributed by atoms with Gasteiger partial charge in [-0.1, -0.05) is 30.3 Å². The van der Waals surface area contributed by atoms with Crippen molar-refractivity contribution in [3.05, 3.63) is 81.5 Å². The second-order valence-electron chi connectivity index (χ2n) is 5.34. The van der Waals surface area contributed by atoms with Crippen LogP contribution in [0.25, 0.3) is 21.9 Å². The standard InChI is InChI=1S/C18H10O6S/c19-17-13-10-15(25(21,22)11-6-2-1-3-7-11)18(20)24-16(13)12-8-4-5-9-14(12)23-17/h1-10H. The summed E-state index contributed by atoms with van der Waals surface area (Å²) in [4.78, 5) is 23.9. The van der Waals surface area contributed by atoms with E-state index in [1.807, 2.05) is 0 Å². The highest BCUT2D eigenvalue weighted by Gasteiger charge is 2.24. The van der Waals surface area contributed by atoms with Crippen LogP contribution in [0.15, 0.2) is 88.9 Å². The van der Waals surface area contributed by atoms with E-state index in [1.165, 1.54) is 24.3 Å². The third kappa shape index (κ3) is 2.36. The van der Waals surface area contributed by atoms with E-state index < -0.39 is 26.0 Å². The molecule has 4 rings (SSSR count). The molecule has 2 heterocycles. The van der Waals surface area contributed by atoms with Gasteiger partial charge < -0.3 is 8.83 Å². The van der Waals surface area contributed by atoms with Gasteiger partial charge in [-0.15, -0.1) is 0 Å². The molecule has 2 aromatic heterocycles. The summed E-state index contributed by atoms with van der Waals surface area (Å²) in [5, 5.41) is 0.311. The van der Waals surface area contributed by atoms with E-state index in [2.05, 4.69) is 0 Å². The molecule has 124 valence electrons. The molecule has 0 unspecified atom stereocenters. The van der Waals surface area contributed by atoms with Crippen LogP contribution in [0, 0.1) is 0 Å². The van der Waals surface area contributed by atoms with Crippen LogP contribution in [0.2, 0.25) is 0 Å². The van der Waals surface area contributed by atoms with Gasteiger partial charge in [-0.05, 0) is 30.3 Å². The van der Waals surface area contributed by atoms with Crippen molar-refractivity contribution in [3.63, 3.8) is 0 Å². The zero-order chi connectivity index (χ0) is 17.6. The van der Waals surface area contributed by atoms with Gasteiger partial charge in [-0.25, -0.2) is 18.0 Å². The average molecular weight is 354 g/mol. The molecular weight excluding hydrogens is 344 g/mol. The minimum absolute atomic E-state index is 0.00358. The molecule has 0 saturated heterocycles. The second kappa shape index (κ2) is 5.42. The van der Waals surface area contributed by atoms with Crippen LogP contribution in [0.1, 0.15) is 0 Å². The SMILES string of the molecule is O=c1oc2c(cc1S(=O)(=O)c1ccccc1)c(=O)oc1ccccc12. The lowest BCUT2D eigenvalue weighted by atomic mass is 10.2. The van der Waals surface area contributed by atoms with Gasteiger partial charge in [0.05, 0.1) is 10.3 Å². The molecule has 7 heteroatoms. The van der Waals surface area contributed by atoms with E-state index in [1.54, 1.807) is 30.3 Å². The molecule has 0 bridgehead atoms. The van der Waals surface area contributed by atoms with Crippen LogP contribution in [0.5, 0.6) is 0 Å². The van der Waals surface area contributed by atoms with Crippen molar-refractivity contribution in [2.45, 2.75) is 9.79 Å². The molecular formula is C18H10O6S. The summed E-state index contributed by atoms with van der Waals surface area (Å²) in [6.07, 6.45) is 0. The molecule has 0 saturated carbocycles. The van der Waals surface area contributed by atoms with Gasteiger partial charge in [0.2, 0.25) is 9.84 Å². The Morgan fingerprint density at radius 1 is 0.720 bits per heavy atom. The third-order valence-corrected chi connectivity index (χ3v) is 5.57. The maximum atomic E-state index is 12.7. The molecule has 0 atom stereocenters. The summed E-state index contributed by atoms with van der Waals surface area (Å²) in [7, 11) is -4.12. The number of benzene rings is 2. The van der Waals surface area contributed by atoms with E-state index in [0.29, 0.717) is 5.39 Å². The number of para-hydroxylation sites is 1. The molecule has 25 heavy (non-hydrogen) atoms. The molecule has 6 nitrogen and oxygen atoms in total. The van der Waals surface area contributed by atoms with Crippen LogP contribution in [-0.4, -0.2) is 8.42 Å². The Bertz CT molecular complexity index is 1330. The summed E-state index contributed by atoms with van der Waals surface area (Å²) in [6, 6.07) is 15.0. The number of hydrogen-bond acceptors (Lipinski definition) is 6. The Hall–Kier alpha value is -3.19. The fraction of sp³-hybridized carbons (Fsp3) is 0. The fourth-order valence-corrected chi connectivity index (χ4v) is 3.92. The summed E-state index contributed by atoms with van der Waals surface area (Å²) < 4.78 is 35.7. The molecule has 0 radical (unpaired) electrons. The van der Waals surface area contributed by atoms with Crippen molar-refractivity contribution in [3.8, 4) is 0 Å². The largest absolute Gasteiger partial charge is 0.422 e. The first-order chi connectivity index (χ1) is 12.0. The van der Waals surface area contributed by atoms with Crippen LogP contribution in [0.3, 0.4) is 0 Å². The molecule has 0 aliphatic carbocycles. The predicted octanol–water partition coefficient (Wildman–Crippen LogP) is 2.73. The zero-order valence-electron chi connectivity index (χ0n) is 12.6. The Morgan fingerprint density at radius 3 is 2.16 bits per heavy atom. The zero-order valence-corrected chi connectivity index (χ0v) is 13.4. The molecule has 0 aliphatic heterocycles. The predicted molar refractivity (Wildman–Crippen MR) is 90.4 cm³/mol. The first-order valence-electron chi connectivity index (χ1n) is 7.28. The molecule has 4 aromatic rings. The lowest BCUT2D eigenvalue weighted by molar-refractivity contribution is 0.524. The van der Waals surface area contributed by atoms with Gasteiger partial charge in [0.25, 0.3) is 0 Å². The van der Waals surface area contributed by atoms with E-state index >= 15 is 0 Å². The topological polar surface area (TPSA) is 94.6 Å². The molecule has 0 N–H and O–H groups in total. The van der Waals surface area contributed by atoms with Crippen molar-refractivity contribution in [1.82, 2.24) is 0 Å². The van der Waals surface area contributed by atoms with Gasteiger partial charge >= 0.3 is 11.3 Å². The van der Waals surface area contributed by atoms with E-state index in [4.69, 9.17) is 8.83 Å². The van der Waals surface area contributed by atoms with Gasteiger partial charge in [0, 0.05) is 0 Å². The van der Waals surface area contributed by atoms with Crippen molar-refractivity contribution < 1.29 is 17.3 Å². The number of rotatable bonds is 2. The van der Waals surface area contributed by atoms with Crippen molar-refractivity contribution in [1.29, 1.82) is 0 Å². The van der Waals surface area contributed by atoms with E-state index in [-0.39, 0.29) is 21.4 Å². The molecule has 0 spiro atoms. The van der Waals surface area contributed by atoms with E-state index in [0.717, 1.165) is 6.07 Å². The minimum Gasteiger partial charge on any atom is -0.422 e. The average Bonchev–Trinajstić information content (AvgIpc) is 2.62. The normalized spacial score (nSPS) is 11.8. The Morgan fingerprint density at radius 2 is 1.40 bits per heavy atom. The quantitative estimate of drug-likeness (QED) is 0.406. The van der Waals surface area contributed by atoms with Gasteiger partial charge in [0.15, 0.2) is 10.5 Å². The highest BCUT2D eigenvalue weighted by Crippen LogP contribution is 2.25. The van der Waals surface area contributed by atoms with Crippen LogP contribution >= 0.6 is 0 Å². The molecule has 2 aromatic carbocycles. The van der Waals surface area contributed by atoms with Gasteiger partial charge in [-0.3, -0.25) is 0 Å². The maximum Gasteiger partial charge on any atom is 0.355 e. The first kappa shape index (κ1) is 15.3. The third-order valence-electron chi connectivity index (χ3n) is 3.81. The first-order valence-corrected chi connectivity index (χ1v) is 8.76. The molecule has 0 fully saturated rings. The van der Waals surface area contributed by atoms with Crippen molar-refractivity contribution >= 4 is 31.8 Å². The van der Waals surface area contributed by atoms with Crippen LogP contribution in [0.4, 0.5) is 0 Å². The lowest BCUT2D eigenvalue weighted by Crippen LogP contribution is -2.16. The number of fused-ring (bicyclic) bond motifs is 3. The highest BCUT2D eigenvalue weighted by atomic mass is 32.2. The lowest BCUT2D eigenvalue weighted by Gasteiger charge is -2.05. The van der Waals surface area contributed by atoms with Gasteiger partial charge in [-0.2, -0.15) is 0 Å². The summed E-state index contributed by atoms with van der Waals surface area (Å²) in [5.41, 5.74) is -1.56. The Labute approximate surface area is 140 Å². The second-order valence-corrected chi connectivity index (χ2v) is 7.26. The van der Waals surface area contributed by atoms with Crippen LogP contribution in [-0.2, 0) is 9.84 Å². The summed E-state index contributed by atoms with van der Waals surface area (Å²) in [5.74, 6) is 0. The monoisotopic (exact) mass is 354 g/mol. The Kier molecular flexibility index (Phi) is 3.33. The van der Waals surface area contributed by atoms with E-state index in [9.17, 15) is 18.0 Å².